The van der Waals surface area contributed by atoms with Crippen LogP contribution in [0.2, 0.25) is 0 Å². The average molecular weight is 299 g/mol. The SMILES string of the molecule is CN=C(NCCCOC(C)C)NCc1cc(F)ccc1F. The zero-order chi connectivity index (χ0) is 15.7. The molecule has 0 aliphatic heterocycles. The van der Waals surface area contributed by atoms with Crippen molar-refractivity contribution in [3.63, 3.8) is 0 Å². The maximum absolute atomic E-state index is 13.5. The molecule has 6 heteroatoms. The van der Waals surface area contributed by atoms with Crippen molar-refractivity contribution in [3.05, 3.63) is 35.4 Å². The molecule has 0 saturated heterocycles. The molecule has 1 aromatic carbocycles. The first-order chi connectivity index (χ1) is 10.0. The number of hydrogen-bond acceptors (Lipinski definition) is 2. The Morgan fingerprint density at radius 3 is 2.71 bits per heavy atom. The van der Waals surface area contributed by atoms with Crippen LogP contribution >= 0.6 is 0 Å². The third-order valence-electron chi connectivity index (χ3n) is 2.74. The van der Waals surface area contributed by atoms with E-state index in [0.29, 0.717) is 19.1 Å². The molecule has 0 saturated carbocycles. The topological polar surface area (TPSA) is 45.7 Å². The van der Waals surface area contributed by atoms with Crippen molar-refractivity contribution in [3.8, 4) is 0 Å². The highest BCUT2D eigenvalue weighted by molar-refractivity contribution is 5.79. The number of benzene rings is 1. The van der Waals surface area contributed by atoms with E-state index in [1.165, 1.54) is 6.07 Å². The van der Waals surface area contributed by atoms with Gasteiger partial charge in [-0.15, -0.1) is 0 Å². The van der Waals surface area contributed by atoms with Crippen LogP contribution in [0.4, 0.5) is 8.78 Å². The first-order valence-electron chi connectivity index (χ1n) is 7.03. The summed E-state index contributed by atoms with van der Waals surface area (Å²) in [5.41, 5.74) is 0.265. The molecule has 0 heterocycles. The smallest absolute Gasteiger partial charge is 0.191 e. The molecule has 2 N–H and O–H groups in total. The fourth-order valence-electron chi connectivity index (χ4n) is 1.68. The Morgan fingerprint density at radius 2 is 2.05 bits per heavy atom. The minimum atomic E-state index is -0.456. The predicted octanol–water partition coefficient (Wildman–Crippen LogP) is 2.44. The third-order valence-corrected chi connectivity index (χ3v) is 2.74. The molecule has 0 atom stereocenters. The van der Waals surface area contributed by atoms with E-state index < -0.39 is 11.6 Å². The minimum Gasteiger partial charge on any atom is -0.379 e. The lowest BCUT2D eigenvalue weighted by Gasteiger charge is -2.13. The van der Waals surface area contributed by atoms with Crippen molar-refractivity contribution in [1.29, 1.82) is 0 Å². The molecule has 118 valence electrons. The molecule has 0 radical (unpaired) electrons. The van der Waals surface area contributed by atoms with Crippen molar-refractivity contribution in [2.24, 2.45) is 4.99 Å². The zero-order valence-corrected chi connectivity index (χ0v) is 12.7. The Kier molecular flexibility index (Phi) is 7.68. The highest BCUT2D eigenvalue weighted by Crippen LogP contribution is 2.08. The van der Waals surface area contributed by atoms with Gasteiger partial charge in [-0.05, 0) is 38.5 Å². The summed E-state index contributed by atoms with van der Waals surface area (Å²) in [5.74, 6) is -0.352. The maximum Gasteiger partial charge on any atom is 0.191 e. The van der Waals surface area contributed by atoms with Crippen LogP contribution in [0.25, 0.3) is 0 Å². The maximum atomic E-state index is 13.5. The molecule has 1 aromatic rings. The number of halogens is 2. The Bertz CT molecular complexity index is 464. The van der Waals surface area contributed by atoms with Crippen LogP contribution in [0.5, 0.6) is 0 Å². The normalized spacial score (nSPS) is 11.8. The molecule has 0 aliphatic carbocycles. The van der Waals surface area contributed by atoms with Crippen LogP contribution in [-0.4, -0.2) is 32.3 Å². The number of ether oxygens (including phenoxy) is 1. The van der Waals surface area contributed by atoms with E-state index in [9.17, 15) is 8.78 Å². The molecular formula is C15H23F2N3O. The van der Waals surface area contributed by atoms with E-state index in [0.717, 1.165) is 18.6 Å². The Hall–Kier alpha value is -1.69. The van der Waals surface area contributed by atoms with Gasteiger partial charge in [-0.3, -0.25) is 4.99 Å². The molecule has 0 spiro atoms. The molecule has 21 heavy (non-hydrogen) atoms. The first kappa shape index (κ1) is 17.4. The van der Waals surface area contributed by atoms with Crippen molar-refractivity contribution in [1.82, 2.24) is 10.6 Å². The molecule has 0 aromatic heterocycles. The van der Waals surface area contributed by atoms with Crippen molar-refractivity contribution in [2.45, 2.75) is 32.9 Å². The van der Waals surface area contributed by atoms with Crippen molar-refractivity contribution in [2.75, 3.05) is 20.2 Å². The van der Waals surface area contributed by atoms with E-state index in [2.05, 4.69) is 15.6 Å². The summed E-state index contributed by atoms with van der Waals surface area (Å²) < 4.78 is 31.9. The van der Waals surface area contributed by atoms with E-state index in [1.807, 2.05) is 13.8 Å². The average Bonchev–Trinajstić information content (AvgIpc) is 2.45. The third kappa shape index (κ3) is 7.04. The van der Waals surface area contributed by atoms with Crippen LogP contribution in [0.15, 0.2) is 23.2 Å². The highest BCUT2D eigenvalue weighted by atomic mass is 19.1. The van der Waals surface area contributed by atoms with Crippen LogP contribution in [-0.2, 0) is 11.3 Å². The lowest BCUT2D eigenvalue weighted by Crippen LogP contribution is -2.37. The van der Waals surface area contributed by atoms with Crippen LogP contribution in [0, 0.1) is 11.6 Å². The first-order valence-corrected chi connectivity index (χ1v) is 7.03. The van der Waals surface area contributed by atoms with E-state index in [-0.39, 0.29) is 18.2 Å². The number of nitrogens with one attached hydrogen (secondary N) is 2. The van der Waals surface area contributed by atoms with Crippen molar-refractivity contribution >= 4 is 5.96 Å². The molecular weight excluding hydrogens is 276 g/mol. The number of hydrogen-bond donors (Lipinski definition) is 2. The monoisotopic (exact) mass is 299 g/mol. The Morgan fingerprint density at radius 1 is 1.29 bits per heavy atom. The fraction of sp³-hybridized carbons (Fsp3) is 0.533. The van der Waals surface area contributed by atoms with Gasteiger partial charge in [-0.2, -0.15) is 0 Å². The second-order valence-corrected chi connectivity index (χ2v) is 4.86. The Labute approximate surface area is 124 Å². The molecule has 0 bridgehead atoms. The summed E-state index contributed by atoms with van der Waals surface area (Å²) in [4.78, 5) is 4.03. The highest BCUT2D eigenvalue weighted by Gasteiger charge is 2.05. The Balaban J connectivity index is 2.33. The van der Waals surface area contributed by atoms with Gasteiger partial charge < -0.3 is 15.4 Å². The quantitative estimate of drug-likeness (QED) is 0.462. The van der Waals surface area contributed by atoms with Gasteiger partial charge in [0.25, 0.3) is 0 Å². The van der Waals surface area contributed by atoms with Gasteiger partial charge in [0.1, 0.15) is 11.6 Å². The summed E-state index contributed by atoms with van der Waals surface area (Å²) in [6, 6.07) is 3.39. The summed E-state index contributed by atoms with van der Waals surface area (Å²) in [7, 11) is 1.63. The van der Waals surface area contributed by atoms with Gasteiger partial charge in [-0.1, -0.05) is 0 Å². The predicted molar refractivity (Wildman–Crippen MR) is 80.3 cm³/mol. The summed E-state index contributed by atoms with van der Waals surface area (Å²) in [6.45, 7) is 5.51. The van der Waals surface area contributed by atoms with E-state index >= 15 is 0 Å². The fourth-order valence-corrected chi connectivity index (χ4v) is 1.68. The van der Waals surface area contributed by atoms with E-state index in [1.54, 1.807) is 7.05 Å². The summed E-state index contributed by atoms with van der Waals surface area (Å²) in [6.07, 6.45) is 1.06. The largest absolute Gasteiger partial charge is 0.379 e. The van der Waals surface area contributed by atoms with Crippen LogP contribution < -0.4 is 10.6 Å². The van der Waals surface area contributed by atoms with Crippen molar-refractivity contribution < 1.29 is 13.5 Å². The number of aliphatic imine (C=N–C) groups is 1. The lowest BCUT2D eigenvalue weighted by atomic mass is 10.2. The number of nitrogens with zero attached hydrogens (tertiary/aromatic N) is 1. The minimum absolute atomic E-state index is 0.172. The number of guanidine groups is 1. The molecule has 0 fully saturated rings. The molecule has 0 aliphatic rings. The number of rotatable bonds is 7. The second kappa shape index (κ2) is 9.28. The van der Waals surface area contributed by atoms with E-state index in [4.69, 9.17) is 4.74 Å². The van der Waals surface area contributed by atoms with Crippen LogP contribution in [0.3, 0.4) is 0 Å². The molecule has 4 nitrogen and oxygen atoms in total. The van der Waals surface area contributed by atoms with Gasteiger partial charge in [0.15, 0.2) is 5.96 Å². The zero-order valence-electron chi connectivity index (χ0n) is 12.7. The van der Waals surface area contributed by atoms with Gasteiger partial charge in [-0.25, -0.2) is 8.78 Å². The van der Waals surface area contributed by atoms with Gasteiger partial charge in [0, 0.05) is 32.3 Å². The lowest BCUT2D eigenvalue weighted by molar-refractivity contribution is 0.0776. The molecule has 0 unspecified atom stereocenters. The molecule has 1 rings (SSSR count). The molecule has 0 amide bonds. The van der Waals surface area contributed by atoms with Gasteiger partial charge in [0.05, 0.1) is 6.10 Å². The van der Waals surface area contributed by atoms with Crippen LogP contribution in [0.1, 0.15) is 25.8 Å². The summed E-state index contributed by atoms with van der Waals surface area (Å²) in [5, 5.41) is 6.04. The van der Waals surface area contributed by atoms with Gasteiger partial charge >= 0.3 is 0 Å². The van der Waals surface area contributed by atoms with Gasteiger partial charge in [0.2, 0.25) is 0 Å². The summed E-state index contributed by atoms with van der Waals surface area (Å²) >= 11 is 0. The standard InChI is InChI=1S/C15H23F2N3O/c1-11(2)21-8-4-7-19-15(18-3)20-10-12-9-13(16)5-6-14(12)17/h5-6,9,11H,4,7-8,10H2,1-3H3,(H2,18,19,20). The second-order valence-electron chi connectivity index (χ2n) is 4.86.